The summed E-state index contributed by atoms with van der Waals surface area (Å²) >= 11 is 0. The Kier molecular flexibility index (Phi) is 3.15. The molecular formula is C21H22N2O. The summed E-state index contributed by atoms with van der Waals surface area (Å²) in [5.41, 5.74) is 5.16. The molecule has 2 fully saturated rings. The van der Waals surface area contributed by atoms with E-state index in [2.05, 4.69) is 47.0 Å². The topological polar surface area (TPSA) is 41.1 Å². The first-order valence-electron chi connectivity index (χ1n) is 9.05. The van der Waals surface area contributed by atoms with E-state index >= 15 is 0 Å². The Labute approximate surface area is 142 Å². The molecule has 0 saturated heterocycles. The number of carbonyl (C=O) groups excluding carboxylic acids is 1. The molecule has 2 amide bonds. The maximum absolute atomic E-state index is 12.3. The Morgan fingerprint density at radius 2 is 1.79 bits per heavy atom. The summed E-state index contributed by atoms with van der Waals surface area (Å²) in [7, 11) is 0. The number of carbonyl (C=O) groups is 1. The average molecular weight is 318 g/mol. The molecule has 0 radical (unpaired) electrons. The number of benzene rings is 2. The predicted octanol–water partition coefficient (Wildman–Crippen LogP) is 4.41. The van der Waals surface area contributed by atoms with Crippen molar-refractivity contribution in [3.05, 3.63) is 65.2 Å². The third-order valence-corrected chi connectivity index (χ3v) is 6.08. The maximum Gasteiger partial charge on any atom is 0.319 e. The van der Waals surface area contributed by atoms with Crippen LogP contribution in [0.5, 0.6) is 0 Å². The van der Waals surface area contributed by atoms with Crippen LogP contribution in [0.25, 0.3) is 0 Å². The molecule has 3 aliphatic carbocycles. The van der Waals surface area contributed by atoms with Crippen molar-refractivity contribution >= 4 is 11.7 Å². The van der Waals surface area contributed by atoms with E-state index < -0.39 is 0 Å². The second kappa shape index (κ2) is 5.37. The molecule has 3 unspecified atom stereocenters. The lowest BCUT2D eigenvalue weighted by Gasteiger charge is -2.25. The lowest BCUT2D eigenvalue weighted by atomic mass is 9.80. The Balaban J connectivity index is 1.19. The molecule has 0 heterocycles. The monoisotopic (exact) mass is 318 g/mol. The Morgan fingerprint density at radius 3 is 2.54 bits per heavy atom. The Morgan fingerprint density at radius 1 is 1.00 bits per heavy atom. The van der Waals surface area contributed by atoms with Crippen molar-refractivity contribution in [1.29, 1.82) is 0 Å². The van der Waals surface area contributed by atoms with Gasteiger partial charge in [-0.05, 0) is 59.9 Å². The highest BCUT2D eigenvalue weighted by atomic mass is 16.2. The quantitative estimate of drug-likeness (QED) is 0.864. The third-order valence-electron chi connectivity index (χ3n) is 6.08. The molecule has 122 valence electrons. The van der Waals surface area contributed by atoms with Gasteiger partial charge in [0.05, 0.1) is 0 Å². The van der Waals surface area contributed by atoms with Crippen molar-refractivity contribution < 1.29 is 4.79 Å². The molecule has 2 aromatic rings. The fourth-order valence-electron chi connectivity index (χ4n) is 4.45. The van der Waals surface area contributed by atoms with Crippen LogP contribution < -0.4 is 10.6 Å². The normalized spacial score (nSPS) is 26.9. The van der Waals surface area contributed by atoms with E-state index in [1.807, 2.05) is 12.1 Å². The molecule has 2 N–H and O–H groups in total. The number of nitrogens with one attached hydrogen (secondary N) is 2. The van der Waals surface area contributed by atoms with Crippen molar-refractivity contribution in [1.82, 2.24) is 5.32 Å². The zero-order chi connectivity index (χ0) is 16.1. The number of amides is 2. The molecule has 24 heavy (non-hydrogen) atoms. The summed E-state index contributed by atoms with van der Waals surface area (Å²) in [6, 6.07) is 17.2. The molecule has 0 aromatic heterocycles. The van der Waals surface area contributed by atoms with Gasteiger partial charge in [-0.1, -0.05) is 42.8 Å². The van der Waals surface area contributed by atoms with Crippen LogP contribution in [0.4, 0.5) is 10.5 Å². The van der Waals surface area contributed by atoms with E-state index in [4.69, 9.17) is 0 Å². The second-order valence-corrected chi connectivity index (χ2v) is 7.47. The SMILES string of the molecule is O=C(Nc1ccc(C2CCC2)cc1)NC1C2Cc3ccccc3C21. The van der Waals surface area contributed by atoms with Gasteiger partial charge in [0.15, 0.2) is 0 Å². The van der Waals surface area contributed by atoms with Gasteiger partial charge in [-0.3, -0.25) is 0 Å². The number of anilines is 1. The van der Waals surface area contributed by atoms with E-state index in [1.54, 1.807) is 0 Å². The van der Waals surface area contributed by atoms with Gasteiger partial charge in [0.2, 0.25) is 0 Å². The molecular weight excluding hydrogens is 296 g/mol. The molecule has 3 nitrogen and oxygen atoms in total. The Bertz CT molecular complexity index is 779. The molecule has 3 atom stereocenters. The summed E-state index contributed by atoms with van der Waals surface area (Å²) in [5.74, 6) is 1.85. The Hall–Kier alpha value is -2.29. The number of rotatable bonds is 3. The smallest absolute Gasteiger partial charge is 0.319 e. The van der Waals surface area contributed by atoms with Crippen LogP contribution >= 0.6 is 0 Å². The summed E-state index contributed by atoms with van der Waals surface area (Å²) in [6.07, 6.45) is 5.06. The zero-order valence-electron chi connectivity index (χ0n) is 13.7. The first kappa shape index (κ1) is 14.1. The third kappa shape index (κ3) is 2.31. The predicted molar refractivity (Wildman–Crippen MR) is 95.4 cm³/mol. The minimum Gasteiger partial charge on any atom is -0.334 e. The van der Waals surface area contributed by atoms with Crippen LogP contribution in [0.2, 0.25) is 0 Å². The van der Waals surface area contributed by atoms with Gasteiger partial charge < -0.3 is 10.6 Å². The summed E-state index contributed by atoms with van der Waals surface area (Å²) in [4.78, 5) is 12.3. The van der Waals surface area contributed by atoms with Crippen LogP contribution in [0, 0.1) is 5.92 Å². The highest BCUT2D eigenvalue weighted by Gasteiger charge is 2.56. The highest BCUT2D eigenvalue weighted by Crippen LogP contribution is 2.56. The molecule has 0 spiro atoms. The average Bonchev–Trinajstić information content (AvgIpc) is 3.04. The molecule has 3 aliphatic rings. The fourth-order valence-corrected chi connectivity index (χ4v) is 4.45. The largest absolute Gasteiger partial charge is 0.334 e. The van der Waals surface area contributed by atoms with E-state index in [9.17, 15) is 4.79 Å². The van der Waals surface area contributed by atoms with Crippen LogP contribution in [-0.2, 0) is 6.42 Å². The van der Waals surface area contributed by atoms with E-state index in [0.29, 0.717) is 17.9 Å². The van der Waals surface area contributed by atoms with Gasteiger partial charge in [-0.15, -0.1) is 0 Å². The molecule has 5 rings (SSSR count). The minimum atomic E-state index is -0.0803. The maximum atomic E-state index is 12.3. The second-order valence-electron chi connectivity index (χ2n) is 7.47. The van der Waals surface area contributed by atoms with Crippen molar-refractivity contribution in [2.75, 3.05) is 5.32 Å². The lowest BCUT2D eigenvalue weighted by Crippen LogP contribution is -2.32. The van der Waals surface area contributed by atoms with Crippen molar-refractivity contribution in [2.45, 2.75) is 43.6 Å². The van der Waals surface area contributed by atoms with Gasteiger partial charge >= 0.3 is 6.03 Å². The first-order chi connectivity index (χ1) is 11.8. The molecule has 2 aromatic carbocycles. The van der Waals surface area contributed by atoms with E-state index in [0.717, 1.165) is 18.0 Å². The zero-order valence-corrected chi connectivity index (χ0v) is 13.7. The first-order valence-corrected chi connectivity index (χ1v) is 9.05. The van der Waals surface area contributed by atoms with Gasteiger partial charge in [0.1, 0.15) is 0 Å². The molecule has 0 bridgehead atoms. The van der Waals surface area contributed by atoms with E-state index in [-0.39, 0.29) is 6.03 Å². The van der Waals surface area contributed by atoms with Crippen molar-refractivity contribution in [3.8, 4) is 0 Å². The number of fused-ring (bicyclic) bond motifs is 3. The highest BCUT2D eigenvalue weighted by molar-refractivity contribution is 5.90. The van der Waals surface area contributed by atoms with Crippen LogP contribution in [0.15, 0.2) is 48.5 Å². The number of hydrogen-bond acceptors (Lipinski definition) is 1. The number of urea groups is 1. The standard InChI is InChI=1S/C21H22N2O/c24-21(22-16-10-8-14(9-11-16)13-5-3-6-13)23-20-18-12-15-4-1-2-7-17(15)19(18)20/h1-2,4,7-11,13,18-20H,3,5-6,12H2,(H2,22,23,24). The summed E-state index contributed by atoms with van der Waals surface area (Å²) in [6.45, 7) is 0. The fraction of sp³-hybridized carbons (Fsp3) is 0.381. The van der Waals surface area contributed by atoms with Crippen molar-refractivity contribution in [2.24, 2.45) is 5.92 Å². The van der Waals surface area contributed by atoms with Crippen LogP contribution in [0.1, 0.15) is 47.8 Å². The van der Waals surface area contributed by atoms with Gasteiger partial charge in [-0.2, -0.15) is 0 Å². The summed E-state index contributed by atoms with van der Waals surface area (Å²) in [5, 5.41) is 6.13. The van der Waals surface area contributed by atoms with E-state index in [1.165, 1.54) is 36.0 Å². The van der Waals surface area contributed by atoms with Gasteiger partial charge in [-0.25, -0.2) is 4.79 Å². The van der Waals surface area contributed by atoms with Crippen LogP contribution in [0.3, 0.4) is 0 Å². The minimum absolute atomic E-state index is 0.0803. The number of hydrogen-bond donors (Lipinski definition) is 2. The van der Waals surface area contributed by atoms with Crippen molar-refractivity contribution in [3.63, 3.8) is 0 Å². The molecule has 2 saturated carbocycles. The molecule has 3 heteroatoms. The van der Waals surface area contributed by atoms with Crippen LogP contribution in [-0.4, -0.2) is 12.1 Å². The lowest BCUT2D eigenvalue weighted by molar-refractivity contribution is 0.251. The van der Waals surface area contributed by atoms with Gasteiger partial charge in [0.25, 0.3) is 0 Å². The molecule has 0 aliphatic heterocycles. The van der Waals surface area contributed by atoms with Gasteiger partial charge in [0, 0.05) is 17.6 Å². The summed E-state index contributed by atoms with van der Waals surface area (Å²) < 4.78 is 0.